The third kappa shape index (κ3) is 7.66. The van der Waals surface area contributed by atoms with E-state index in [-0.39, 0.29) is 22.9 Å². The lowest BCUT2D eigenvalue weighted by Gasteiger charge is -2.36. The Kier molecular flexibility index (Phi) is 9.72. The van der Waals surface area contributed by atoms with Crippen molar-refractivity contribution in [1.29, 1.82) is 0 Å². The number of hydrogen-bond acceptors (Lipinski definition) is 7. The molecule has 1 atom stereocenters. The number of carbonyl (C=O) groups is 3. The van der Waals surface area contributed by atoms with Crippen molar-refractivity contribution in [3.05, 3.63) is 63.0 Å². The fraction of sp³-hybridized carbons (Fsp3) is 0.464. The van der Waals surface area contributed by atoms with E-state index in [0.717, 1.165) is 61.5 Å². The van der Waals surface area contributed by atoms with E-state index in [1.54, 1.807) is 26.0 Å². The monoisotopic (exact) mass is 592 g/mol. The van der Waals surface area contributed by atoms with Gasteiger partial charge in [0.2, 0.25) is 0 Å². The number of nitrogens with two attached hydrogens (primary N) is 1. The highest BCUT2D eigenvalue weighted by Crippen LogP contribution is 2.30. The minimum Gasteiger partial charge on any atom is -0.338 e. The standard InChI is InChI=1S/C28H35F3N6O3S/c1-17(32)24(26(39)33-20-7-5-19(6-8-20)28(29,30)31)18(2)34-35-25(38)22-9-10-23(41-22)27(40)37-15-11-21(12-16-37)36-13-3-4-14-36/h5-10,17,21,34H,3-4,11-16,32H2,1-2H3,(H,33,39)(H,35,38)/b24-18-. The Morgan fingerprint density at radius 3 is 2.15 bits per heavy atom. The number of likely N-dealkylation sites (tertiary alicyclic amines) is 2. The Morgan fingerprint density at radius 2 is 1.56 bits per heavy atom. The average Bonchev–Trinajstić information content (AvgIpc) is 3.64. The topological polar surface area (TPSA) is 120 Å². The number of nitrogens with one attached hydrogen (secondary N) is 3. The van der Waals surface area contributed by atoms with Crippen molar-refractivity contribution in [1.82, 2.24) is 20.7 Å². The first-order valence-electron chi connectivity index (χ1n) is 13.6. The van der Waals surface area contributed by atoms with Gasteiger partial charge < -0.3 is 26.3 Å². The SMILES string of the molecule is C/C(NNC(=O)c1ccc(C(=O)N2CCC(N3CCCC3)CC2)s1)=C(/C(=O)Nc1ccc(C(F)(F)F)cc1)C(C)N. The molecule has 2 fully saturated rings. The lowest BCUT2D eigenvalue weighted by Crippen LogP contribution is -2.45. The van der Waals surface area contributed by atoms with Crippen LogP contribution in [0.3, 0.4) is 0 Å². The minimum atomic E-state index is -4.49. The second kappa shape index (κ2) is 13.0. The van der Waals surface area contributed by atoms with Crippen LogP contribution in [-0.4, -0.2) is 65.8 Å². The Labute approximate surface area is 240 Å². The molecule has 0 radical (unpaired) electrons. The first-order valence-corrected chi connectivity index (χ1v) is 14.4. The van der Waals surface area contributed by atoms with Crippen LogP contribution in [0.4, 0.5) is 18.9 Å². The zero-order valence-electron chi connectivity index (χ0n) is 23.0. The van der Waals surface area contributed by atoms with Crippen molar-refractivity contribution in [3.8, 4) is 0 Å². The lowest BCUT2D eigenvalue weighted by atomic mass is 10.0. The molecule has 0 bridgehead atoms. The molecule has 3 amide bonds. The molecule has 2 aromatic rings. The number of rotatable bonds is 8. The molecule has 9 nitrogen and oxygen atoms in total. The summed E-state index contributed by atoms with van der Waals surface area (Å²) in [5.41, 5.74) is 10.9. The van der Waals surface area contributed by atoms with Crippen molar-refractivity contribution < 1.29 is 27.6 Å². The highest BCUT2D eigenvalue weighted by atomic mass is 32.1. The fourth-order valence-corrected chi connectivity index (χ4v) is 6.08. The predicted molar refractivity (Wildman–Crippen MR) is 151 cm³/mol. The summed E-state index contributed by atoms with van der Waals surface area (Å²) in [7, 11) is 0. The summed E-state index contributed by atoms with van der Waals surface area (Å²) in [4.78, 5) is 43.8. The van der Waals surface area contributed by atoms with Crippen molar-refractivity contribution >= 4 is 34.7 Å². The normalized spacial score (nSPS) is 18.0. The third-order valence-electron chi connectivity index (χ3n) is 7.39. The molecule has 1 unspecified atom stereocenters. The van der Waals surface area contributed by atoms with Gasteiger partial charge in [0.15, 0.2) is 0 Å². The number of anilines is 1. The number of piperidine rings is 1. The molecule has 4 rings (SSSR count). The Bertz CT molecular complexity index is 1280. The van der Waals surface area contributed by atoms with E-state index < -0.39 is 29.6 Å². The summed E-state index contributed by atoms with van der Waals surface area (Å²) in [6, 6.07) is 7.03. The maximum atomic E-state index is 13.0. The van der Waals surface area contributed by atoms with Crippen LogP contribution in [0.5, 0.6) is 0 Å². The molecule has 3 heterocycles. The number of amides is 3. The van der Waals surface area contributed by atoms with Gasteiger partial charge in [0.1, 0.15) is 0 Å². The van der Waals surface area contributed by atoms with Crippen LogP contribution in [0, 0.1) is 0 Å². The van der Waals surface area contributed by atoms with Crippen molar-refractivity contribution in [3.63, 3.8) is 0 Å². The highest BCUT2D eigenvalue weighted by Gasteiger charge is 2.31. The van der Waals surface area contributed by atoms with E-state index in [1.165, 1.54) is 12.8 Å². The van der Waals surface area contributed by atoms with Crippen molar-refractivity contribution in [2.24, 2.45) is 5.73 Å². The predicted octanol–water partition coefficient (Wildman–Crippen LogP) is 3.96. The summed E-state index contributed by atoms with van der Waals surface area (Å²) < 4.78 is 38.4. The van der Waals surface area contributed by atoms with Crippen LogP contribution in [0.2, 0.25) is 0 Å². The summed E-state index contributed by atoms with van der Waals surface area (Å²) >= 11 is 1.09. The second-order valence-electron chi connectivity index (χ2n) is 10.4. The maximum absolute atomic E-state index is 13.0. The van der Waals surface area contributed by atoms with E-state index in [1.807, 2.05) is 4.90 Å². The van der Waals surface area contributed by atoms with E-state index in [2.05, 4.69) is 21.1 Å². The maximum Gasteiger partial charge on any atom is 0.416 e. The largest absolute Gasteiger partial charge is 0.416 e. The van der Waals surface area contributed by atoms with Gasteiger partial charge in [0.25, 0.3) is 17.7 Å². The number of carbonyl (C=O) groups excluding carboxylic acids is 3. The molecule has 13 heteroatoms. The van der Waals surface area contributed by atoms with Crippen LogP contribution in [0.15, 0.2) is 47.7 Å². The lowest BCUT2D eigenvalue weighted by molar-refractivity contribution is -0.137. The number of alkyl halides is 3. The first kappa shape index (κ1) is 30.5. The van der Waals surface area contributed by atoms with Crippen LogP contribution >= 0.6 is 11.3 Å². The van der Waals surface area contributed by atoms with Crippen LogP contribution < -0.4 is 21.9 Å². The first-order chi connectivity index (χ1) is 19.4. The zero-order chi connectivity index (χ0) is 29.7. The van der Waals surface area contributed by atoms with Crippen molar-refractivity contribution in [2.45, 2.75) is 57.8 Å². The van der Waals surface area contributed by atoms with Gasteiger partial charge in [0.05, 0.1) is 20.9 Å². The van der Waals surface area contributed by atoms with E-state index >= 15 is 0 Å². The zero-order valence-corrected chi connectivity index (χ0v) is 23.8. The van der Waals surface area contributed by atoms with E-state index in [4.69, 9.17) is 5.73 Å². The Hall–Kier alpha value is -3.42. The smallest absolute Gasteiger partial charge is 0.338 e. The number of nitrogens with zero attached hydrogens (tertiary/aromatic N) is 2. The molecular weight excluding hydrogens is 557 g/mol. The molecule has 0 saturated carbocycles. The van der Waals surface area contributed by atoms with Gasteiger partial charge in [-0.25, -0.2) is 0 Å². The van der Waals surface area contributed by atoms with E-state index in [0.29, 0.717) is 28.9 Å². The highest BCUT2D eigenvalue weighted by molar-refractivity contribution is 7.15. The second-order valence-corrected chi connectivity index (χ2v) is 11.4. The van der Waals surface area contributed by atoms with Crippen LogP contribution in [-0.2, 0) is 11.0 Å². The molecule has 41 heavy (non-hydrogen) atoms. The molecule has 0 spiro atoms. The Morgan fingerprint density at radius 1 is 0.951 bits per heavy atom. The van der Waals surface area contributed by atoms with Gasteiger partial charge in [-0.15, -0.1) is 11.3 Å². The average molecular weight is 593 g/mol. The molecule has 1 aromatic heterocycles. The third-order valence-corrected chi connectivity index (χ3v) is 8.46. The Balaban J connectivity index is 1.32. The summed E-state index contributed by atoms with van der Waals surface area (Å²) in [6.45, 7) is 6.78. The van der Waals surface area contributed by atoms with Gasteiger partial charge >= 0.3 is 6.18 Å². The molecule has 2 aliphatic heterocycles. The van der Waals surface area contributed by atoms with Gasteiger partial charge in [-0.05, 0) is 89.0 Å². The van der Waals surface area contributed by atoms with Crippen LogP contribution in [0.1, 0.15) is 64.4 Å². The van der Waals surface area contributed by atoms with E-state index in [9.17, 15) is 27.6 Å². The molecule has 0 aliphatic carbocycles. The molecular formula is C28H35F3N6O3S. The van der Waals surface area contributed by atoms with Crippen LogP contribution in [0.25, 0.3) is 0 Å². The van der Waals surface area contributed by atoms with Gasteiger partial charge in [0, 0.05) is 36.6 Å². The van der Waals surface area contributed by atoms with Gasteiger partial charge in [-0.1, -0.05) is 0 Å². The quantitative estimate of drug-likeness (QED) is 0.272. The molecule has 2 saturated heterocycles. The van der Waals surface area contributed by atoms with Gasteiger partial charge in [-0.3, -0.25) is 19.8 Å². The van der Waals surface area contributed by atoms with Crippen molar-refractivity contribution in [2.75, 3.05) is 31.5 Å². The summed E-state index contributed by atoms with van der Waals surface area (Å²) in [5, 5.41) is 2.53. The number of allylic oxidation sites excluding steroid dienone is 1. The number of benzene rings is 1. The molecule has 1 aromatic carbocycles. The van der Waals surface area contributed by atoms with Gasteiger partial charge in [-0.2, -0.15) is 13.2 Å². The number of hydrogen-bond donors (Lipinski definition) is 4. The summed E-state index contributed by atoms with van der Waals surface area (Å²) in [6.07, 6.45) is -0.0979. The minimum absolute atomic E-state index is 0.0860. The molecule has 222 valence electrons. The number of halogens is 3. The number of hydrazine groups is 1. The fourth-order valence-electron chi connectivity index (χ4n) is 5.21. The molecule has 2 aliphatic rings. The molecule has 5 N–H and O–H groups in total. The number of thiophene rings is 1. The summed E-state index contributed by atoms with van der Waals surface area (Å²) in [5.74, 6) is -1.21.